The maximum Gasteiger partial charge on any atom is 0.221 e. The van der Waals surface area contributed by atoms with Gasteiger partial charge >= 0.3 is 0 Å². The largest absolute Gasteiger partial charge is 0.369 e. The van der Waals surface area contributed by atoms with E-state index in [9.17, 15) is 4.79 Å². The minimum Gasteiger partial charge on any atom is -0.369 e. The summed E-state index contributed by atoms with van der Waals surface area (Å²) < 4.78 is 1.09. The number of carbonyl (C=O) groups excluding carboxylic acids is 1. The summed E-state index contributed by atoms with van der Waals surface area (Å²) in [6.07, 6.45) is 2.00. The Balaban J connectivity index is 1.94. The molecule has 0 aliphatic carbocycles. The molecule has 2 N–H and O–H groups in total. The summed E-state index contributed by atoms with van der Waals surface area (Å²) in [6, 6.07) is 8.31. The highest BCUT2D eigenvalue weighted by Gasteiger charge is 2.23. The van der Waals surface area contributed by atoms with Gasteiger partial charge in [-0.25, -0.2) is 0 Å². The Morgan fingerprint density at radius 3 is 2.76 bits per heavy atom. The molecule has 0 saturated carbocycles. The molecule has 1 aliphatic heterocycles. The molecule has 1 unspecified atom stereocenters. The molecular formula is C13H17BrN2O. The predicted octanol–water partition coefficient (Wildman–Crippen LogP) is 2.15. The molecule has 0 bridgehead atoms. The molecule has 1 amide bonds. The molecular weight excluding hydrogens is 280 g/mol. The van der Waals surface area contributed by atoms with Gasteiger partial charge in [-0.05, 0) is 37.1 Å². The Labute approximate surface area is 110 Å². The lowest BCUT2D eigenvalue weighted by Crippen LogP contribution is -2.40. The molecule has 1 aromatic carbocycles. The van der Waals surface area contributed by atoms with Crippen molar-refractivity contribution in [3.05, 3.63) is 34.3 Å². The zero-order valence-electron chi connectivity index (χ0n) is 9.73. The SMILES string of the molecule is NC(=O)C1CCCN(Cc2ccc(Br)cc2)C1. The first kappa shape index (κ1) is 12.6. The summed E-state index contributed by atoms with van der Waals surface area (Å²) in [6.45, 7) is 2.75. The lowest BCUT2D eigenvalue weighted by molar-refractivity contribution is -0.123. The van der Waals surface area contributed by atoms with Crippen LogP contribution in [0.1, 0.15) is 18.4 Å². The van der Waals surface area contributed by atoms with E-state index in [-0.39, 0.29) is 11.8 Å². The van der Waals surface area contributed by atoms with Gasteiger partial charge in [0.05, 0.1) is 5.92 Å². The standard InChI is InChI=1S/C13H17BrN2O/c14-12-5-3-10(4-6-12)8-16-7-1-2-11(9-16)13(15)17/h3-6,11H,1-2,7-9H2,(H2,15,17). The Bertz CT molecular complexity index is 391. The Morgan fingerprint density at radius 2 is 2.12 bits per heavy atom. The number of rotatable bonds is 3. The second kappa shape index (κ2) is 5.65. The highest BCUT2D eigenvalue weighted by molar-refractivity contribution is 9.10. The molecule has 1 atom stereocenters. The van der Waals surface area contributed by atoms with E-state index in [2.05, 4.69) is 33.0 Å². The van der Waals surface area contributed by atoms with E-state index in [0.717, 1.165) is 36.9 Å². The van der Waals surface area contributed by atoms with Gasteiger partial charge in [-0.3, -0.25) is 9.69 Å². The summed E-state index contributed by atoms with van der Waals surface area (Å²) in [5.41, 5.74) is 6.65. The van der Waals surface area contributed by atoms with Crippen molar-refractivity contribution in [2.75, 3.05) is 13.1 Å². The van der Waals surface area contributed by atoms with Crippen molar-refractivity contribution < 1.29 is 4.79 Å². The quantitative estimate of drug-likeness (QED) is 0.929. The van der Waals surface area contributed by atoms with Crippen LogP contribution < -0.4 is 5.73 Å². The summed E-state index contributed by atoms with van der Waals surface area (Å²) in [5.74, 6) is -0.135. The van der Waals surface area contributed by atoms with E-state index in [4.69, 9.17) is 5.73 Å². The Morgan fingerprint density at radius 1 is 1.41 bits per heavy atom. The third-order valence-corrected chi connectivity index (χ3v) is 3.76. The Kier molecular flexibility index (Phi) is 4.18. The Hall–Kier alpha value is -0.870. The van der Waals surface area contributed by atoms with Crippen LogP contribution in [0.15, 0.2) is 28.7 Å². The molecule has 2 rings (SSSR count). The number of amides is 1. The minimum absolute atomic E-state index is 0.0270. The maximum atomic E-state index is 11.2. The molecule has 4 heteroatoms. The fraction of sp³-hybridized carbons (Fsp3) is 0.462. The van der Waals surface area contributed by atoms with Crippen LogP contribution >= 0.6 is 15.9 Å². The van der Waals surface area contributed by atoms with Crippen LogP contribution in [0.3, 0.4) is 0 Å². The molecule has 92 valence electrons. The van der Waals surface area contributed by atoms with Crippen molar-refractivity contribution in [1.29, 1.82) is 0 Å². The van der Waals surface area contributed by atoms with Crippen LogP contribution in [0.4, 0.5) is 0 Å². The number of benzene rings is 1. The van der Waals surface area contributed by atoms with E-state index in [0.29, 0.717) is 0 Å². The number of likely N-dealkylation sites (tertiary alicyclic amines) is 1. The maximum absolute atomic E-state index is 11.2. The fourth-order valence-corrected chi connectivity index (χ4v) is 2.54. The monoisotopic (exact) mass is 296 g/mol. The number of hydrogen-bond donors (Lipinski definition) is 1. The van der Waals surface area contributed by atoms with Gasteiger partial charge in [-0.2, -0.15) is 0 Å². The van der Waals surface area contributed by atoms with Crippen LogP contribution in [-0.2, 0) is 11.3 Å². The number of nitrogens with zero attached hydrogens (tertiary/aromatic N) is 1. The van der Waals surface area contributed by atoms with E-state index < -0.39 is 0 Å². The molecule has 0 aromatic heterocycles. The smallest absolute Gasteiger partial charge is 0.221 e. The van der Waals surface area contributed by atoms with Crippen molar-refractivity contribution >= 4 is 21.8 Å². The third kappa shape index (κ3) is 3.54. The fourth-order valence-electron chi connectivity index (χ4n) is 2.28. The second-order valence-corrected chi connectivity index (χ2v) is 5.52. The van der Waals surface area contributed by atoms with Crippen molar-refractivity contribution in [2.24, 2.45) is 11.7 Å². The molecule has 3 nitrogen and oxygen atoms in total. The van der Waals surface area contributed by atoms with Gasteiger partial charge < -0.3 is 5.73 Å². The van der Waals surface area contributed by atoms with Gasteiger partial charge in [0.2, 0.25) is 5.91 Å². The number of primary amides is 1. The molecule has 0 radical (unpaired) electrons. The molecule has 1 aliphatic rings. The summed E-state index contributed by atoms with van der Waals surface area (Å²) in [4.78, 5) is 13.5. The topological polar surface area (TPSA) is 46.3 Å². The van der Waals surface area contributed by atoms with Crippen LogP contribution in [0.25, 0.3) is 0 Å². The number of nitrogens with two attached hydrogens (primary N) is 1. The molecule has 0 spiro atoms. The highest BCUT2D eigenvalue weighted by Crippen LogP contribution is 2.19. The normalized spacial score (nSPS) is 21.4. The van der Waals surface area contributed by atoms with Crippen molar-refractivity contribution in [1.82, 2.24) is 4.90 Å². The molecule has 1 fully saturated rings. The van der Waals surface area contributed by atoms with Gasteiger partial charge in [0, 0.05) is 17.6 Å². The van der Waals surface area contributed by atoms with E-state index in [1.54, 1.807) is 0 Å². The summed E-state index contributed by atoms with van der Waals surface area (Å²) in [7, 11) is 0. The van der Waals surface area contributed by atoms with Gasteiger partial charge in [-0.15, -0.1) is 0 Å². The van der Waals surface area contributed by atoms with Crippen molar-refractivity contribution in [2.45, 2.75) is 19.4 Å². The van der Waals surface area contributed by atoms with E-state index >= 15 is 0 Å². The van der Waals surface area contributed by atoms with Crippen LogP contribution in [0.2, 0.25) is 0 Å². The molecule has 1 aromatic rings. The number of carbonyl (C=O) groups is 1. The summed E-state index contributed by atoms with van der Waals surface area (Å²) in [5, 5.41) is 0. The number of halogens is 1. The van der Waals surface area contributed by atoms with Gasteiger partial charge in [0.1, 0.15) is 0 Å². The number of piperidine rings is 1. The van der Waals surface area contributed by atoms with E-state index in [1.165, 1.54) is 5.56 Å². The van der Waals surface area contributed by atoms with E-state index in [1.807, 2.05) is 12.1 Å². The van der Waals surface area contributed by atoms with Crippen LogP contribution in [0.5, 0.6) is 0 Å². The van der Waals surface area contributed by atoms with Crippen molar-refractivity contribution in [3.8, 4) is 0 Å². The van der Waals surface area contributed by atoms with Gasteiger partial charge in [0.25, 0.3) is 0 Å². The molecule has 1 saturated heterocycles. The lowest BCUT2D eigenvalue weighted by Gasteiger charge is -2.31. The van der Waals surface area contributed by atoms with Gasteiger partial charge in [0.15, 0.2) is 0 Å². The van der Waals surface area contributed by atoms with Crippen molar-refractivity contribution in [3.63, 3.8) is 0 Å². The highest BCUT2D eigenvalue weighted by atomic mass is 79.9. The molecule has 17 heavy (non-hydrogen) atoms. The number of hydrogen-bond acceptors (Lipinski definition) is 2. The average Bonchev–Trinajstić information content (AvgIpc) is 2.32. The first-order chi connectivity index (χ1) is 8.15. The first-order valence-electron chi connectivity index (χ1n) is 5.91. The summed E-state index contributed by atoms with van der Waals surface area (Å²) >= 11 is 3.42. The zero-order valence-corrected chi connectivity index (χ0v) is 11.3. The van der Waals surface area contributed by atoms with Gasteiger partial charge in [-0.1, -0.05) is 28.1 Å². The lowest BCUT2D eigenvalue weighted by atomic mass is 9.97. The predicted molar refractivity (Wildman–Crippen MR) is 71.3 cm³/mol. The van der Waals surface area contributed by atoms with Crippen LogP contribution in [0, 0.1) is 5.92 Å². The third-order valence-electron chi connectivity index (χ3n) is 3.23. The first-order valence-corrected chi connectivity index (χ1v) is 6.70. The molecule has 1 heterocycles. The average molecular weight is 297 g/mol. The second-order valence-electron chi connectivity index (χ2n) is 4.60. The van der Waals surface area contributed by atoms with Crippen LogP contribution in [-0.4, -0.2) is 23.9 Å². The zero-order chi connectivity index (χ0) is 12.3. The minimum atomic E-state index is -0.162.